The molecule has 1 aromatic heterocycles. The van der Waals surface area contributed by atoms with E-state index in [1.165, 1.54) is 4.88 Å². The zero-order valence-electron chi connectivity index (χ0n) is 10.1. The minimum atomic E-state index is -0.139. The standard InChI is InChI=1S/C14H15NO2S/c1-10-12(5-2-6-13(10)16)14(17)15-8-7-11-4-3-9-18-11/h2-6,9,16H,7-8H2,1H3,(H,15,17). The summed E-state index contributed by atoms with van der Waals surface area (Å²) in [5, 5.41) is 14.4. The van der Waals surface area contributed by atoms with Crippen LogP contribution in [0.2, 0.25) is 0 Å². The van der Waals surface area contributed by atoms with Gasteiger partial charge in [-0.2, -0.15) is 0 Å². The van der Waals surface area contributed by atoms with Crippen molar-refractivity contribution in [2.75, 3.05) is 6.54 Å². The highest BCUT2D eigenvalue weighted by Gasteiger charge is 2.10. The molecule has 0 saturated carbocycles. The number of hydrogen-bond donors (Lipinski definition) is 2. The van der Waals surface area contributed by atoms with Crippen LogP contribution in [0, 0.1) is 6.92 Å². The Morgan fingerprint density at radius 3 is 2.89 bits per heavy atom. The summed E-state index contributed by atoms with van der Waals surface area (Å²) in [7, 11) is 0. The molecule has 1 heterocycles. The van der Waals surface area contributed by atoms with E-state index in [1.54, 1.807) is 36.5 Å². The van der Waals surface area contributed by atoms with E-state index >= 15 is 0 Å². The molecule has 0 aliphatic heterocycles. The topological polar surface area (TPSA) is 49.3 Å². The number of benzene rings is 1. The van der Waals surface area contributed by atoms with Crippen LogP contribution in [0.15, 0.2) is 35.7 Å². The molecule has 0 saturated heterocycles. The van der Waals surface area contributed by atoms with Crippen LogP contribution in [0.4, 0.5) is 0 Å². The van der Waals surface area contributed by atoms with E-state index in [9.17, 15) is 9.90 Å². The van der Waals surface area contributed by atoms with Crippen LogP contribution in [0.3, 0.4) is 0 Å². The van der Waals surface area contributed by atoms with Crippen LogP contribution in [-0.2, 0) is 6.42 Å². The molecule has 94 valence electrons. The third kappa shape index (κ3) is 2.90. The summed E-state index contributed by atoms with van der Waals surface area (Å²) in [5.74, 6) is 0.0147. The smallest absolute Gasteiger partial charge is 0.251 e. The summed E-state index contributed by atoms with van der Waals surface area (Å²) in [6.07, 6.45) is 0.835. The van der Waals surface area contributed by atoms with E-state index in [0.29, 0.717) is 17.7 Å². The van der Waals surface area contributed by atoms with E-state index in [1.807, 2.05) is 11.4 Å². The Morgan fingerprint density at radius 1 is 1.33 bits per heavy atom. The maximum atomic E-state index is 11.9. The van der Waals surface area contributed by atoms with Crippen molar-refractivity contribution in [3.63, 3.8) is 0 Å². The lowest BCUT2D eigenvalue weighted by atomic mass is 10.1. The van der Waals surface area contributed by atoms with Gasteiger partial charge in [-0.25, -0.2) is 0 Å². The molecular formula is C14H15NO2S. The Morgan fingerprint density at radius 2 is 2.17 bits per heavy atom. The highest BCUT2D eigenvalue weighted by molar-refractivity contribution is 7.09. The van der Waals surface area contributed by atoms with Gasteiger partial charge in [0.05, 0.1) is 0 Å². The highest BCUT2D eigenvalue weighted by Crippen LogP contribution is 2.19. The summed E-state index contributed by atoms with van der Waals surface area (Å²) in [4.78, 5) is 13.2. The first-order chi connectivity index (χ1) is 8.68. The molecule has 0 fully saturated rings. The van der Waals surface area contributed by atoms with Gasteiger partial charge in [0, 0.05) is 22.5 Å². The summed E-state index contributed by atoms with van der Waals surface area (Å²) < 4.78 is 0. The summed E-state index contributed by atoms with van der Waals surface area (Å²) in [6, 6.07) is 9.03. The molecule has 0 atom stereocenters. The zero-order chi connectivity index (χ0) is 13.0. The molecular weight excluding hydrogens is 246 g/mol. The van der Waals surface area contributed by atoms with Crippen molar-refractivity contribution in [3.8, 4) is 5.75 Å². The SMILES string of the molecule is Cc1c(O)cccc1C(=O)NCCc1cccs1. The molecule has 2 aromatic rings. The van der Waals surface area contributed by atoms with E-state index in [0.717, 1.165) is 6.42 Å². The fraction of sp³-hybridized carbons (Fsp3) is 0.214. The number of hydrogen-bond acceptors (Lipinski definition) is 3. The average molecular weight is 261 g/mol. The Balaban J connectivity index is 1.93. The molecule has 0 bridgehead atoms. The maximum absolute atomic E-state index is 11.9. The molecule has 2 rings (SSSR count). The predicted molar refractivity (Wildman–Crippen MR) is 73.2 cm³/mol. The maximum Gasteiger partial charge on any atom is 0.251 e. The molecule has 0 aliphatic carbocycles. The Kier molecular flexibility index (Phi) is 3.99. The molecule has 0 unspecified atom stereocenters. The largest absolute Gasteiger partial charge is 0.508 e. The fourth-order valence-electron chi connectivity index (χ4n) is 1.72. The van der Waals surface area contributed by atoms with Gasteiger partial charge < -0.3 is 10.4 Å². The number of amides is 1. The molecule has 4 heteroatoms. The van der Waals surface area contributed by atoms with Crippen molar-refractivity contribution in [3.05, 3.63) is 51.7 Å². The second kappa shape index (κ2) is 5.69. The molecule has 0 radical (unpaired) electrons. The second-order valence-corrected chi connectivity index (χ2v) is 5.07. The van der Waals surface area contributed by atoms with Gasteiger partial charge in [0.1, 0.15) is 5.75 Å². The quantitative estimate of drug-likeness (QED) is 0.889. The van der Waals surface area contributed by atoms with Gasteiger partial charge in [-0.3, -0.25) is 4.79 Å². The van der Waals surface area contributed by atoms with Crippen LogP contribution in [0.1, 0.15) is 20.8 Å². The monoisotopic (exact) mass is 261 g/mol. The van der Waals surface area contributed by atoms with Crippen molar-refractivity contribution in [2.24, 2.45) is 0 Å². The van der Waals surface area contributed by atoms with E-state index in [-0.39, 0.29) is 11.7 Å². The van der Waals surface area contributed by atoms with Crippen LogP contribution in [-0.4, -0.2) is 17.6 Å². The Labute approximate surface area is 110 Å². The van der Waals surface area contributed by atoms with Gasteiger partial charge >= 0.3 is 0 Å². The minimum Gasteiger partial charge on any atom is -0.508 e. The number of carbonyl (C=O) groups is 1. The first-order valence-corrected chi connectivity index (χ1v) is 6.65. The van der Waals surface area contributed by atoms with Crippen molar-refractivity contribution in [2.45, 2.75) is 13.3 Å². The van der Waals surface area contributed by atoms with Gasteiger partial charge in [0.25, 0.3) is 5.91 Å². The minimum absolute atomic E-state index is 0.139. The molecule has 2 N–H and O–H groups in total. The second-order valence-electron chi connectivity index (χ2n) is 4.03. The van der Waals surface area contributed by atoms with Crippen LogP contribution in [0.25, 0.3) is 0 Å². The number of rotatable bonds is 4. The third-order valence-corrected chi connectivity index (χ3v) is 3.72. The van der Waals surface area contributed by atoms with Gasteiger partial charge in [-0.1, -0.05) is 12.1 Å². The summed E-state index contributed by atoms with van der Waals surface area (Å²) in [6.45, 7) is 2.35. The van der Waals surface area contributed by atoms with Gasteiger partial charge in [-0.15, -0.1) is 11.3 Å². The number of nitrogens with one attached hydrogen (secondary N) is 1. The highest BCUT2D eigenvalue weighted by atomic mass is 32.1. The average Bonchev–Trinajstić information content (AvgIpc) is 2.85. The van der Waals surface area contributed by atoms with E-state index in [4.69, 9.17) is 0 Å². The van der Waals surface area contributed by atoms with Crippen LogP contribution in [0.5, 0.6) is 5.75 Å². The Hall–Kier alpha value is -1.81. The normalized spacial score (nSPS) is 10.3. The van der Waals surface area contributed by atoms with Gasteiger partial charge in [0.15, 0.2) is 0 Å². The number of aromatic hydroxyl groups is 1. The van der Waals surface area contributed by atoms with Crippen LogP contribution >= 0.6 is 11.3 Å². The lowest BCUT2D eigenvalue weighted by molar-refractivity contribution is 0.0953. The molecule has 3 nitrogen and oxygen atoms in total. The molecule has 1 amide bonds. The molecule has 18 heavy (non-hydrogen) atoms. The molecule has 0 aliphatic rings. The first kappa shape index (κ1) is 12.6. The van der Waals surface area contributed by atoms with E-state index in [2.05, 4.69) is 11.4 Å². The summed E-state index contributed by atoms with van der Waals surface area (Å²) >= 11 is 1.68. The third-order valence-electron chi connectivity index (χ3n) is 2.79. The fourth-order valence-corrected chi connectivity index (χ4v) is 2.43. The van der Waals surface area contributed by atoms with Crippen molar-refractivity contribution >= 4 is 17.2 Å². The number of thiophene rings is 1. The van der Waals surface area contributed by atoms with Gasteiger partial charge in [-0.05, 0) is 36.9 Å². The zero-order valence-corrected chi connectivity index (χ0v) is 11.0. The van der Waals surface area contributed by atoms with Crippen molar-refractivity contribution in [1.29, 1.82) is 0 Å². The van der Waals surface area contributed by atoms with Crippen molar-refractivity contribution < 1.29 is 9.90 Å². The number of carbonyl (C=O) groups excluding carboxylic acids is 1. The lowest BCUT2D eigenvalue weighted by Crippen LogP contribution is -2.26. The molecule has 0 spiro atoms. The number of phenolic OH excluding ortho intramolecular Hbond substituents is 1. The van der Waals surface area contributed by atoms with Gasteiger partial charge in [0.2, 0.25) is 0 Å². The predicted octanol–water partition coefficient (Wildman–Crippen LogP) is 2.73. The number of phenols is 1. The van der Waals surface area contributed by atoms with Crippen molar-refractivity contribution in [1.82, 2.24) is 5.32 Å². The lowest BCUT2D eigenvalue weighted by Gasteiger charge is -2.08. The van der Waals surface area contributed by atoms with Crippen LogP contribution < -0.4 is 5.32 Å². The summed E-state index contributed by atoms with van der Waals surface area (Å²) in [5.41, 5.74) is 1.15. The molecule has 1 aromatic carbocycles. The first-order valence-electron chi connectivity index (χ1n) is 5.77. The Bertz CT molecular complexity index is 535. The van der Waals surface area contributed by atoms with E-state index < -0.39 is 0 Å².